The topological polar surface area (TPSA) is 131 Å². The predicted molar refractivity (Wildman–Crippen MR) is 150 cm³/mol. The number of nitrogens with two attached hydrogens (primary N) is 1. The molecule has 0 bridgehead atoms. The first-order valence-electron chi connectivity index (χ1n) is 13.8. The number of anilines is 1. The lowest BCUT2D eigenvalue weighted by atomic mass is 9.86. The fourth-order valence-corrected chi connectivity index (χ4v) is 5.61. The number of benzene rings is 1. The fraction of sp³-hybridized carbons (Fsp3) is 0.379. The molecule has 0 saturated carbocycles. The molecule has 1 unspecified atom stereocenters. The Morgan fingerprint density at radius 1 is 1.13 bits per heavy atom. The third kappa shape index (κ3) is 6.03. The number of rotatable bonds is 8. The van der Waals surface area contributed by atoms with E-state index in [4.69, 9.17) is 10.5 Å². The molecule has 4 aromatic rings. The lowest BCUT2D eigenvalue weighted by Gasteiger charge is -2.36. The number of alkyl halides is 7. The van der Waals surface area contributed by atoms with Crippen LogP contribution in [-0.2, 0) is 11.8 Å². The summed E-state index contributed by atoms with van der Waals surface area (Å²) in [5.41, 5.74) is 0.165. The van der Waals surface area contributed by atoms with Crippen LogP contribution in [0.5, 0.6) is 5.88 Å². The number of methoxy groups -OCH3 is 1. The molecular formula is C29H28F7N7O3. The Morgan fingerprint density at radius 2 is 1.83 bits per heavy atom. The van der Waals surface area contributed by atoms with Crippen molar-refractivity contribution in [2.75, 3.05) is 25.9 Å². The van der Waals surface area contributed by atoms with Gasteiger partial charge in [0, 0.05) is 37.3 Å². The number of likely N-dealkylation sites (tertiary alicyclic amines) is 1. The van der Waals surface area contributed by atoms with Crippen molar-refractivity contribution in [3.63, 3.8) is 0 Å². The van der Waals surface area contributed by atoms with E-state index in [2.05, 4.69) is 20.4 Å². The number of aromatic nitrogens is 4. The van der Waals surface area contributed by atoms with E-state index in [1.165, 1.54) is 43.2 Å². The summed E-state index contributed by atoms with van der Waals surface area (Å²) in [6.45, 7) is 0.892. The number of amides is 1. The van der Waals surface area contributed by atoms with Gasteiger partial charge < -0.3 is 20.9 Å². The first-order chi connectivity index (χ1) is 21.5. The van der Waals surface area contributed by atoms with Crippen LogP contribution in [0, 0.1) is 0 Å². The van der Waals surface area contributed by atoms with Crippen LogP contribution in [0.1, 0.15) is 34.8 Å². The molecule has 0 radical (unpaired) electrons. The maximum absolute atomic E-state index is 15.2. The van der Waals surface area contributed by atoms with E-state index in [1.807, 2.05) is 0 Å². The van der Waals surface area contributed by atoms with Crippen LogP contribution >= 0.6 is 0 Å². The molecule has 1 fully saturated rings. The van der Waals surface area contributed by atoms with Crippen LogP contribution in [0.15, 0.2) is 55.0 Å². The Morgan fingerprint density at radius 3 is 2.46 bits per heavy atom. The van der Waals surface area contributed by atoms with Gasteiger partial charge in [-0.15, -0.1) is 0 Å². The summed E-state index contributed by atoms with van der Waals surface area (Å²) < 4.78 is 105. The lowest BCUT2D eigenvalue weighted by molar-refractivity contribution is -0.272. The van der Waals surface area contributed by atoms with Gasteiger partial charge in [0.15, 0.2) is 11.4 Å². The Labute approximate surface area is 257 Å². The summed E-state index contributed by atoms with van der Waals surface area (Å²) in [5, 5.41) is 17.1. The zero-order chi connectivity index (χ0) is 33.6. The molecule has 0 aliphatic carbocycles. The number of nitrogen functional groups attached to an aromatic ring is 1. The molecule has 1 aliphatic heterocycles. The number of ether oxygens (including phenoxy) is 1. The lowest BCUT2D eigenvalue weighted by Crippen LogP contribution is -2.48. The number of halogens is 7. The van der Waals surface area contributed by atoms with E-state index < -0.39 is 65.4 Å². The Balaban J connectivity index is 1.38. The summed E-state index contributed by atoms with van der Waals surface area (Å²) in [4.78, 5) is 22.4. The zero-order valence-electron chi connectivity index (χ0n) is 24.3. The monoisotopic (exact) mass is 655 g/mol. The molecule has 10 nitrogen and oxygen atoms in total. The van der Waals surface area contributed by atoms with Gasteiger partial charge in [-0.3, -0.25) is 9.69 Å². The number of nitrogens with one attached hydrogen (secondary N) is 1. The largest absolute Gasteiger partial charge is 0.480 e. The number of fused-ring (bicyclic) bond motifs is 1. The average molecular weight is 656 g/mol. The van der Waals surface area contributed by atoms with Crippen LogP contribution < -0.4 is 15.8 Å². The number of hydrogen-bond donors (Lipinski definition) is 3. The second-order valence-electron chi connectivity index (χ2n) is 11.0. The molecule has 4 N–H and O–H groups in total. The third-order valence-corrected chi connectivity index (χ3v) is 8.00. The fourth-order valence-electron chi connectivity index (χ4n) is 5.61. The summed E-state index contributed by atoms with van der Waals surface area (Å²) in [6, 6.07) is 6.37. The molecule has 46 heavy (non-hydrogen) atoms. The smallest absolute Gasteiger partial charge is 0.421 e. The van der Waals surface area contributed by atoms with Crippen LogP contribution in [0.3, 0.4) is 0 Å². The van der Waals surface area contributed by atoms with Crippen molar-refractivity contribution in [3.05, 3.63) is 71.7 Å². The molecule has 1 aliphatic rings. The molecule has 1 aromatic carbocycles. The Bertz CT molecular complexity index is 1730. The Kier molecular flexibility index (Phi) is 8.59. The van der Waals surface area contributed by atoms with Crippen LogP contribution in [0.2, 0.25) is 0 Å². The van der Waals surface area contributed by atoms with E-state index in [0.29, 0.717) is 0 Å². The van der Waals surface area contributed by atoms with Crippen molar-refractivity contribution >= 4 is 17.2 Å². The highest BCUT2D eigenvalue weighted by molar-refractivity contribution is 5.98. The maximum Gasteiger partial charge on any atom is 0.421 e. The van der Waals surface area contributed by atoms with Crippen molar-refractivity contribution in [3.8, 4) is 17.1 Å². The zero-order valence-corrected chi connectivity index (χ0v) is 24.3. The number of nitrogens with zero attached hydrogens (tertiary/aromatic N) is 5. The number of carbonyl (C=O) groups is 1. The van der Waals surface area contributed by atoms with Gasteiger partial charge in [-0.05, 0) is 24.6 Å². The highest BCUT2D eigenvalue weighted by Gasteiger charge is 2.56. The highest BCUT2D eigenvalue weighted by Crippen LogP contribution is 2.43. The van der Waals surface area contributed by atoms with Gasteiger partial charge >= 0.3 is 12.4 Å². The minimum Gasteiger partial charge on any atom is -0.480 e. The van der Waals surface area contributed by atoms with Gasteiger partial charge in [0.2, 0.25) is 5.88 Å². The van der Waals surface area contributed by atoms with E-state index in [0.717, 1.165) is 35.2 Å². The number of carbonyl (C=O) groups excluding carboxylic acids is 1. The number of pyridine rings is 1. The first kappa shape index (κ1) is 32.9. The van der Waals surface area contributed by atoms with Crippen molar-refractivity contribution in [2.24, 2.45) is 0 Å². The number of aliphatic hydroxyl groups is 1. The van der Waals surface area contributed by atoms with E-state index in [-0.39, 0.29) is 41.4 Å². The predicted octanol–water partition coefficient (Wildman–Crippen LogP) is 4.38. The molecule has 5 rings (SSSR count). The van der Waals surface area contributed by atoms with Gasteiger partial charge in [-0.25, -0.2) is 18.9 Å². The minimum atomic E-state index is -5.02. The van der Waals surface area contributed by atoms with Crippen molar-refractivity contribution in [1.29, 1.82) is 0 Å². The molecule has 1 saturated heterocycles. The standard InChI is InChI=1S/C29H28F7N7O3/c1-15(10-27(45,29(34,35)36)17-6-4-3-5-7-17)42-12-20(30)21(13-42)41-25(44)18-8-16(11-38-26(18)46-2)22-9-19(28(31,32)33)23-24(37)39-14-40-43(22)23/h3-9,11,14-15,20-21,45H,10,12-13H2,1-2H3,(H,41,44)(H2,37,39,40)/t15-,20+,21-,27?/m1/s1. The molecule has 3 aromatic heterocycles. The van der Waals surface area contributed by atoms with Gasteiger partial charge in [-0.1, -0.05) is 30.3 Å². The van der Waals surface area contributed by atoms with Crippen LogP contribution in [-0.4, -0.2) is 80.1 Å². The first-order valence-corrected chi connectivity index (χ1v) is 13.8. The van der Waals surface area contributed by atoms with Gasteiger partial charge in [0.1, 0.15) is 23.6 Å². The van der Waals surface area contributed by atoms with Crippen molar-refractivity contribution in [1.82, 2.24) is 29.8 Å². The summed E-state index contributed by atoms with van der Waals surface area (Å²) in [6.07, 6.45) is -10.2. The Hall–Kier alpha value is -4.51. The van der Waals surface area contributed by atoms with Crippen molar-refractivity contribution < 1.29 is 45.4 Å². The van der Waals surface area contributed by atoms with E-state index in [1.54, 1.807) is 0 Å². The second kappa shape index (κ2) is 12.0. The van der Waals surface area contributed by atoms with Crippen LogP contribution in [0.25, 0.3) is 16.8 Å². The summed E-state index contributed by atoms with van der Waals surface area (Å²) in [5.74, 6) is -1.54. The molecule has 246 valence electrons. The molecule has 4 atom stereocenters. The van der Waals surface area contributed by atoms with Gasteiger partial charge in [-0.2, -0.15) is 31.4 Å². The minimum absolute atomic E-state index is 0.0142. The molecule has 4 heterocycles. The van der Waals surface area contributed by atoms with Gasteiger partial charge in [0.05, 0.1) is 24.4 Å². The molecular weight excluding hydrogens is 627 g/mol. The number of hydrogen-bond acceptors (Lipinski definition) is 8. The molecule has 1 amide bonds. The van der Waals surface area contributed by atoms with E-state index >= 15 is 4.39 Å². The second-order valence-corrected chi connectivity index (χ2v) is 11.0. The third-order valence-electron chi connectivity index (χ3n) is 8.00. The molecule has 0 spiro atoms. The van der Waals surface area contributed by atoms with Crippen LogP contribution in [0.4, 0.5) is 36.6 Å². The SMILES string of the molecule is COc1ncc(-c2cc(C(F)(F)F)c3c(N)ncnn23)cc1C(=O)N[C@@H]1CN([C@H](C)CC(O)(c2ccccc2)C(F)(F)F)C[C@@H]1F. The summed E-state index contributed by atoms with van der Waals surface area (Å²) >= 11 is 0. The quantitative estimate of drug-likeness (QED) is 0.239. The highest BCUT2D eigenvalue weighted by atomic mass is 19.4. The van der Waals surface area contributed by atoms with E-state index in [9.17, 15) is 36.2 Å². The normalized spacial score (nSPS) is 19.6. The molecule has 17 heteroatoms. The van der Waals surface area contributed by atoms with Gasteiger partial charge in [0.25, 0.3) is 5.91 Å². The summed E-state index contributed by atoms with van der Waals surface area (Å²) in [7, 11) is 1.20. The average Bonchev–Trinajstić information content (AvgIpc) is 3.58. The maximum atomic E-state index is 15.2. The van der Waals surface area contributed by atoms with Crippen molar-refractivity contribution in [2.45, 2.75) is 49.6 Å².